The SMILES string of the molecule is COC(=O)N1CCC[C@H](N[C@H]2CCCc3nc(C)sc32)C1. The van der Waals surface area contributed by atoms with Crippen LogP contribution in [0.4, 0.5) is 4.79 Å². The van der Waals surface area contributed by atoms with Gasteiger partial charge in [0, 0.05) is 30.1 Å². The number of aryl methyl sites for hydroxylation is 2. The minimum atomic E-state index is -0.209. The van der Waals surface area contributed by atoms with E-state index in [1.165, 1.54) is 30.5 Å². The number of thiazole rings is 1. The summed E-state index contributed by atoms with van der Waals surface area (Å²) in [5, 5.41) is 4.92. The van der Waals surface area contributed by atoms with Crippen LogP contribution in [0.5, 0.6) is 0 Å². The smallest absolute Gasteiger partial charge is 0.409 e. The van der Waals surface area contributed by atoms with Crippen LogP contribution in [0, 0.1) is 6.92 Å². The summed E-state index contributed by atoms with van der Waals surface area (Å²) < 4.78 is 4.84. The number of likely N-dealkylation sites (tertiary alicyclic amines) is 1. The molecule has 0 bridgehead atoms. The van der Waals surface area contributed by atoms with Gasteiger partial charge in [-0.2, -0.15) is 0 Å². The monoisotopic (exact) mass is 309 g/mol. The number of hydrogen-bond donors (Lipinski definition) is 1. The number of nitrogens with one attached hydrogen (secondary N) is 1. The molecule has 1 aromatic heterocycles. The molecule has 1 aromatic rings. The number of fused-ring (bicyclic) bond motifs is 1. The van der Waals surface area contributed by atoms with Gasteiger partial charge in [0.25, 0.3) is 0 Å². The van der Waals surface area contributed by atoms with E-state index in [1.54, 1.807) is 0 Å². The van der Waals surface area contributed by atoms with Gasteiger partial charge >= 0.3 is 6.09 Å². The zero-order valence-electron chi connectivity index (χ0n) is 12.7. The lowest BCUT2D eigenvalue weighted by atomic mass is 9.96. The molecule has 2 aliphatic rings. The number of ether oxygens (including phenoxy) is 1. The average molecular weight is 309 g/mol. The van der Waals surface area contributed by atoms with Crippen molar-refractivity contribution in [3.05, 3.63) is 15.6 Å². The van der Waals surface area contributed by atoms with Crippen LogP contribution in [-0.2, 0) is 11.2 Å². The molecule has 1 fully saturated rings. The number of methoxy groups -OCH3 is 1. The van der Waals surface area contributed by atoms with Crippen molar-refractivity contribution in [2.45, 2.75) is 51.1 Å². The van der Waals surface area contributed by atoms with E-state index in [1.807, 2.05) is 16.2 Å². The Morgan fingerprint density at radius 3 is 3.10 bits per heavy atom. The summed E-state index contributed by atoms with van der Waals surface area (Å²) in [6.45, 7) is 3.64. The van der Waals surface area contributed by atoms with Crippen molar-refractivity contribution in [3.63, 3.8) is 0 Å². The van der Waals surface area contributed by atoms with Gasteiger partial charge in [-0.05, 0) is 39.0 Å². The molecule has 5 nitrogen and oxygen atoms in total. The lowest BCUT2D eigenvalue weighted by molar-refractivity contribution is 0.105. The van der Waals surface area contributed by atoms with Crippen molar-refractivity contribution in [1.82, 2.24) is 15.2 Å². The molecular formula is C15H23N3O2S. The van der Waals surface area contributed by atoms with Crippen molar-refractivity contribution < 1.29 is 9.53 Å². The van der Waals surface area contributed by atoms with Gasteiger partial charge in [-0.25, -0.2) is 9.78 Å². The number of carbonyl (C=O) groups is 1. The van der Waals surface area contributed by atoms with Gasteiger partial charge in [0.15, 0.2) is 0 Å². The van der Waals surface area contributed by atoms with Gasteiger partial charge < -0.3 is 15.0 Å². The van der Waals surface area contributed by atoms with Crippen LogP contribution < -0.4 is 5.32 Å². The minimum Gasteiger partial charge on any atom is -0.453 e. The van der Waals surface area contributed by atoms with E-state index in [4.69, 9.17) is 4.74 Å². The first-order valence-corrected chi connectivity index (χ1v) is 8.54. The van der Waals surface area contributed by atoms with Crippen LogP contribution in [0.2, 0.25) is 0 Å². The fourth-order valence-corrected chi connectivity index (χ4v) is 4.46. The molecule has 1 N–H and O–H groups in total. The summed E-state index contributed by atoms with van der Waals surface area (Å²) in [5.74, 6) is 0. The number of aromatic nitrogens is 1. The third kappa shape index (κ3) is 3.21. The highest BCUT2D eigenvalue weighted by Gasteiger charge is 2.29. The Kier molecular flexibility index (Phi) is 4.45. The molecule has 1 amide bonds. The lowest BCUT2D eigenvalue weighted by Gasteiger charge is -2.35. The molecule has 2 atom stereocenters. The normalized spacial score (nSPS) is 25.5. The van der Waals surface area contributed by atoms with E-state index < -0.39 is 0 Å². The van der Waals surface area contributed by atoms with Crippen LogP contribution >= 0.6 is 11.3 Å². The van der Waals surface area contributed by atoms with Crippen molar-refractivity contribution in [2.24, 2.45) is 0 Å². The van der Waals surface area contributed by atoms with Crippen LogP contribution in [0.3, 0.4) is 0 Å². The molecule has 1 saturated heterocycles. The Labute approximate surface area is 129 Å². The molecule has 116 valence electrons. The fraction of sp³-hybridized carbons (Fsp3) is 0.733. The quantitative estimate of drug-likeness (QED) is 0.912. The largest absolute Gasteiger partial charge is 0.453 e. The fourth-order valence-electron chi connectivity index (χ4n) is 3.39. The average Bonchev–Trinajstić information content (AvgIpc) is 2.88. The molecule has 1 aliphatic heterocycles. The second-order valence-corrected chi connectivity index (χ2v) is 7.15. The third-order valence-electron chi connectivity index (χ3n) is 4.35. The van der Waals surface area contributed by atoms with E-state index in [0.717, 1.165) is 37.4 Å². The van der Waals surface area contributed by atoms with Crippen molar-refractivity contribution in [3.8, 4) is 0 Å². The third-order valence-corrected chi connectivity index (χ3v) is 5.48. The van der Waals surface area contributed by atoms with Crippen LogP contribution in [0.1, 0.15) is 47.3 Å². The second-order valence-electron chi connectivity index (χ2n) is 5.91. The van der Waals surface area contributed by atoms with Gasteiger partial charge in [0.05, 0.1) is 17.8 Å². The van der Waals surface area contributed by atoms with Crippen molar-refractivity contribution >= 4 is 17.4 Å². The van der Waals surface area contributed by atoms with Gasteiger partial charge in [0.2, 0.25) is 0 Å². The molecular weight excluding hydrogens is 286 g/mol. The van der Waals surface area contributed by atoms with Crippen LogP contribution in [-0.4, -0.2) is 42.2 Å². The number of rotatable bonds is 2. The number of piperidine rings is 1. The topological polar surface area (TPSA) is 54.5 Å². The highest BCUT2D eigenvalue weighted by molar-refractivity contribution is 7.11. The Morgan fingerprint density at radius 1 is 1.43 bits per heavy atom. The maximum Gasteiger partial charge on any atom is 0.409 e. The highest BCUT2D eigenvalue weighted by Crippen LogP contribution is 2.34. The Morgan fingerprint density at radius 2 is 2.29 bits per heavy atom. The summed E-state index contributed by atoms with van der Waals surface area (Å²) in [5.41, 5.74) is 1.28. The van der Waals surface area contributed by atoms with E-state index in [9.17, 15) is 4.79 Å². The second kappa shape index (κ2) is 6.32. The predicted octanol–water partition coefficient (Wildman–Crippen LogP) is 2.65. The molecule has 3 rings (SSSR count). The first-order chi connectivity index (χ1) is 10.2. The molecule has 0 unspecified atom stereocenters. The number of nitrogens with zero attached hydrogens (tertiary/aromatic N) is 2. The maximum absolute atomic E-state index is 11.7. The predicted molar refractivity (Wildman–Crippen MR) is 82.7 cm³/mol. The van der Waals surface area contributed by atoms with Gasteiger partial charge in [0.1, 0.15) is 0 Å². The zero-order chi connectivity index (χ0) is 14.8. The standard InChI is InChI=1S/C15H23N3O2S/c1-10-16-12-6-3-7-13(14(12)21-10)17-11-5-4-8-18(9-11)15(19)20-2/h11,13,17H,3-9H2,1-2H3/t11-,13-/m0/s1. The van der Waals surface area contributed by atoms with Crippen LogP contribution in [0.15, 0.2) is 0 Å². The van der Waals surface area contributed by atoms with E-state index >= 15 is 0 Å². The maximum atomic E-state index is 11.7. The molecule has 2 heterocycles. The van der Waals surface area contributed by atoms with Crippen molar-refractivity contribution in [1.29, 1.82) is 0 Å². The summed E-state index contributed by atoms with van der Waals surface area (Å²) in [7, 11) is 1.45. The highest BCUT2D eigenvalue weighted by atomic mass is 32.1. The molecule has 0 aromatic carbocycles. The summed E-state index contributed by atoms with van der Waals surface area (Å²) in [6, 6.07) is 0.763. The van der Waals surface area contributed by atoms with E-state index in [2.05, 4.69) is 17.2 Å². The molecule has 21 heavy (non-hydrogen) atoms. The molecule has 6 heteroatoms. The Hall–Kier alpha value is -1.14. The van der Waals surface area contributed by atoms with Crippen LogP contribution in [0.25, 0.3) is 0 Å². The summed E-state index contributed by atoms with van der Waals surface area (Å²) in [4.78, 5) is 19.5. The van der Waals surface area contributed by atoms with E-state index in [0.29, 0.717) is 12.1 Å². The molecule has 0 saturated carbocycles. The first kappa shape index (κ1) is 14.8. The van der Waals surface area contributed by atoms with Gasteiger partial charge in [-0.1, -0.05) is 0 Å². The Bertz CT molecular complexity index is 517. The zero-order valence-corrected chi connectivity index (χ0v) is 13.5. The van der Waals surface area contributed by atoms with Gasteiger partial charge in [-0.3, -0.25) is 0 Å². The molecule has 0 radical (unpaired) electrons. The van der Waals surface area contributed by atoms with Crippen molar-refractivity contribution in [2.75, 3.05) is 20.2 Å². The lowest BCUT2D eigenvalue weighted by Crippen LogP contribution is -2.49. The minimum absolute atomic E-state index is 0.209. The molecule has 1 aliphatic carbocycles. The Balaban J connectivity index is 1.65. The van der Waals surface area contributed by atoms with Gasteiger partial charge in [-0.15, -0.1) is 11.3 Å². The summed E-state index contributed by atoms with van der Waals surface area (Å²) in [6.07, 6.45) is 5.42. The number of carbonyl (C=O) groups excluding carboxylic acids is 1. The first-order valence-electron chi connectivity index (χ1n) is 7.72. The summed E-state index contributed by atoms with van der Waals surface area (Å²) >= 11 is 1.82. The number of hydrogen-bond acceptors (Lipinski definition) is 5. The van der Waals surface area contributed by atoms with E-state index in [-0.39, 0.29) is 6.09 Å². The number of amides is 1. The molecule has 0 spiro atoms.